The maximum absolute atomic E-state index is 11.3. The Kier molecular flexibility index (Phi) is 4.50. The molecule has 0 aromatic heterocycles. The molecule has 0 spiro atoms. The van der Waals surface area contributed by atoms with Crippen LogP contribution in [0.15, 0.2) is 12.2 Å². The summed E-state index contributed by atoms with van der Waals surface area (Å²) in [5.41, 5.74) is 0.203. The largest absolute Gasteiger partial charge is 0.462 e. The van der Waals surface area contributed by atoms with Gasteiger partial charge in [0.05, 0.1) is 18.6 Å². The van der Waals surface area contributed by atoms with Crippen molar-refractivity contribution in [2.75, 3.05) is 19.8 Å². The number of carbonyl (C=O) groups is 1. The van der Waals surface area contributed by atoms with E-state index in [0.717, 1.165) is 6.42 Å². The topological polar surface area (TPSA) is 44.8 Å². The van der Waals surface area contributed by atoms with E-state index in [9.17, 15) is 4.79 Å². The molecular weight excluding hydrogens is 208 g/mol. The lowest BCUT2D eigenvalue weighted by molar-refractivity contribution is -0.231. The number of hydrogen-bond acceptors (Lipinski definition) is 4. The Morgan fingerprint density at radius 1 is 1.50 bits per heavy atom. The van der Waals surface area contributed by atoms with Gasteiger partial charge in [-0.3, -0.25) is 0 Å². The first-order valence-corrected chi connectivity index (χ1v) is 5.55. The Bertz CT molecular complexity index is 264. The molecule has 0 N–H and O–H groups in total. The molecule has 0 aliphatic carbocycles. The third-order valence-electron chi connectivity index (χ3n) is 2.86. The van der Waals surface area contributed by atoms with Gasteiger partial charge in [0, 0.05) is 5.57 Å². The van der Waals surface area contributed by atoms with Crippen LogP contribution in [0, 0.1) is 5.41 Å². The van der Waals surface area contributed by atoms with Gasteiger partial charge in [-0.15, -0.1) is 0 Å². The Balaban J connectivity index is 2.48. The standard InChI is InChI=1S/C12H20O4/c1-5-12(6-14-10(4)15-7-12)8-16-11(13)9(2)3/h10H,2,5-8H2,1,3-4H3. The van der Waals surface area contributed by atoms with Crippen LogP contribution in [0.3, 0.4) is 0 Å². The fraction of sp³-hybridized carbons (Fsp3) is 0.750. The molecule has 0 atom stereocenters. The first-order chi connectivity index (χ1) is 7.49. The van der Waals surface area contributed by atoms with Gasteiger partial charge in [-0.25, -0.2) is 4.79 Å². The average Bonchev–Trinajstić information content (AvgIpc) is 2.28. The van der Waals surface area contributed by atoms with Crippen LogP contribution in [0.5, 0.6) is 0 Å². The first-order valence-electron chi connectivity index (χ1n) is 5.55. The van der Waals surface area contributed by atoms with Crippen LogP contribution in [0.1, 0.15) is 27.2 Å². The minimum atomic E-state index is -0.355. The molecular formula is C12H20O4. The molecule has 0 aromatic carbocycles. The van der Waals surface area contributed by atoms with Crippen molar-refractivity contribution in [3.05, 3.63) is 12.2 Å². The van der Waals surface area contributed by atoms with Crippen molar-refractivity contribution in [1.82, 2.24) is 0 Å². The predicted octanol–water partition coefficient (Wildman–Crippen LogP) is 1.89. The Morgan fingerprint density at radius 2 is 2.06 bits per heavy atom. The summed E-state index contributed by atoms with van der Waals surface area (Å²) < 4.78 is 16.1. The van der Waals surface area contributed by atoms with Gasteiger partial charge in [-0.05, 0) is 20.3 Å². The second-order valence-electron chi connectivity index (χ2n) is 4.40. The molecule has 1 rings (SSSR count). The fourth-order valence-corrected chi connectivity index (χ4v) is 1.41. The smallest absolute Gasteiger partial charge is 0.333 e. The molecule has 4 heteroatoms. The van der Waals surface area contributed by atoms with Crippen LogP contribution in [0.2, 0.25) is 0 Å². The molecule has 1 aliphatic rings. The van der Waals surface area contributed by atoms with Gasteiger partial charge in [0.15, 0.2) is 6.29 Å². The molecule has 0 bridgehead atoms. The summed E-state index contributed by atoms with van der Waals surface area (Å²) >= 11 is 0. The molecule has 0 amide bonds. The molecule has 0 unspecified atom stereocenters. The van der Waals surface area contributed by atoms with Crippen LogP contribution >= 0.6 is 0 Å². The van der Waals surface area contributed by atoms with E-state index >= 15 is 0 Å². The van der Waals surface area contributed by atoms with Gasteiger partial charge in [0.25, 0.3) is 0 Å². The molecule has 4 nitrogen and oxygen atoms in total. The zero-order valence-electron chi connectivity index (χ0n) is 10.2. The van der Waals surface area contributed by atoms with Gasteiger partial charge in [0.1, 0.15) is 6.61 Å². The first kappa shape index (κ1) is 13.2. The minimum Gasteiger partial charge on any atom is -0.462 e. The second kappa shape index (κ2) is 5.46. The Hall–Kier alpha value is -0.870. The van der Waals surface area contributed by atoms with Gasteiger partial charge >= 0.3 is 5.97 Å². The number of esters is 1. The minimum absolute atomic E-state index is 0.170. The highest BCUT2D eigenvalue weighted by atomic mass is 16.7. The van der Waals surface area contributed by atoms with E-state index in [4.69, 9.17) is 14.2 Å². The molecule has 1 saturated heterocycles. The quantitative estimate of drug-likeness (QED) is 0.544. The van der Waals surface area contributed by atoms with Crippen LogP contribution in [0.4, 0.5) is 0 Å². The van der Waals surface area contributed by atoms with Crippen molar-refractivity contribution in [3.8, 4) is 0 Å². The van der Waals surface area contributed by atoms with Gasteiger partial charge < -0.3 is 14.2 Å². The van der Waals surface area contributed by atoms with Crippen LogP contribution < -0.4 is 0 Å². The van der Waals surface area contributed by atoms with Crippen molar-refractivity contribution >= 4 is 5.97 Å². The summed E-state index contributed by atoms with van der Waals surface area (Å²) in [6.07, 6.45) is 0.680. The van der Waals surface area contributed by atoms with E-state index < -0.39 is 0 Å². The molecule has 16 heavy (non-hydrogen) atoms. The molecule has 1 aliphatic heterocycles. The highest BCUT2D eigenvalue weighted by Gasteiger charge is 2.35. The van der Waals surface area contributed by atoms with Crippen LogP contribution in [-0.4, -0.2) is 32.1 Å². The lowest BCUT2D eigenvalue weighted by atomic mass is 9.87. The molecule has 0 aromatic rings. The summed E-state index contributed by atoms with van der Waals surface area (Å²) in [6, 6.07) is 0. The van der Waals surface area contributed by atoms with E-state index in [2.05, 4.69) is 6.58 Å². The van der Waals surface area contributed by atoms with Crippen molar-refractivity contribution < 1.29 is 19.0 Å². The summed E-state index contributed by atoms with van der Waals surface area (Å²) in [4.78, 5) is 11.3. The van der Waals surface area contributed by atoms with E-state index in [-0.39, 0.29) is 17.7 Å². The van der Waals surface area contributed by atoms with Crippen molar-refractivity contribution in [2.24, 2.45) is 5.41 Å². The highest BCUT2D eigenvalue weighted by molar-refractivity contribution is 5.86. The summed E-state index contributed by atoms with van der Waals surface area (Å²) in [6.45, 7) is 10.5. The SMILES string of the molecule is C=C(C)C(=O)OCC1(CC)COC(C)OC1. The van der Waals surface area contributed by atoms with E-state index in [1.165, 1.54) is 0 Å². The average molecular weight is 228 g/mol. The van der Waals surface area contributed by atoms with Crippen LogP contribution in [-0.2, 0) is 19.0 Å². The Morgan fingerprint density at radius 3 is 2.50 bits per heavy atom. The van der Waals surface area contributed by atoms with Gasteiger partial charge in [-0.2, -0.15) is 0 Å². The maximum Gasteiger partial charge on any atom is 0.333 e. The third kappa shape index (κ3) is 3.32. The second-order valence-corrected chi connectivity index (χ2v) is 4.40. The summed E-state index contributed by atoms with van der Waals surface area (Å²) in [5.74, 6) is -0.355. The maximum atomic E-state index is 11.3. The van der Waals surface area contributed by atoms with Crippen molar-refractivity contribution in [2.45, 2.75) is 33.5 Å². The fourth-order valence-electron chi connectivity index (χ4n) is 1.41. The lowest BCUT2D eigenvalue weighted by Crippen LogP contribution is -2.44. The summed E-state index contributed by atoms with van der Waals surface area (Å²) in [7, 11) is 0. The third-order valence-corrected chi connectivity index (χ3v) is 2.86. The lowest BCUT2D eigenvalue weighted by Gasteiger charge is -2.37. The molecule has 1 heterocycles. The molecule has 92 valence electrons. The summed E-state index contributed by atoms with van der Waals surface area (Å²) in [5, 5.41) is 0. The molecule has 0 radical (unpaired) electrons. The zero-order valence-corrected chi connectivity index (χ0v) is 10.2. The van der Waals surface area contributed by atoms with E-state index in [1.54, 1.807) is 6.92 Å². The van der Waals surface area contributed by atoms with E-state index in [0.29, 0.717) is 25.4 Å². The van der Waals surface area contributed by atoms with Crippen molar-refractivity contribution in [1.29, 1.82) is 0 Å². The number of carbonyl (C=O) groups excluding carboxylic acids is 1. The predicted molar refractivity (Wildman–Crippen MR) is 59.9 cm³/mol. The van der Waals surface area contributed by atoms with E-state index in [1.807, 2.05) is 13.8 Å². The Labute approximate surface area is 96.6 Å². The number of ether oxygens (including phenoxy) is 3. The number of hydrogen-bond donors (Lipinski definition) is 0. The normalized spacial score (nSPS) is 29.8. The van der Waals surface area contributed by atoms with Crippen molar-refractivity contribution in [3.63, 3.8) is 0 Å². The number of rotatable bonds is 4. The monoisotopic (exact) mass is 228 g/mol. The molecule has 1 fully saturated rings. The van der Waals surface area contributed by atoms with Gasteiger partial charge in [0.2, 0.25) is 0 Å². The highest BCUT2D eigenvalue weighted by Crippen LogP contribution is 2.28. The molecule has 0 saturated carbocycles. The van der Waals surface area contributed by atoms with Crippen LogP contribution in [0.25, 0.3) is 0 Å². The zero-order chi connectivity index (χ0) is 12.2. The van der Waals surface area contributed by atoms with Gasteiger partial charge in [-0.1, -0.05) is 13.5 Å².